The first-order valence-corrected chi connectivity index (χ1v) is 19.3. The van der Waals surface area contributed by atoms with Gasteiger partial charge in [-0.3, -0.25) is 28.8 Å². The van der Waals surface area contributed by atoms with E-state index in [1.54, 1.807) is 13.8 Å². The Kier molecular flexibility index (Phi) is 14.8. The van der Waals surface area contributed by atoms with E-state index in [-0.39, 0.29) is 29.5 Å². The number of aldehydes is 1. The second-order valence-electron chi connectivity index (χ2n) is 14.6. The molecule has 0 radical (unpaired) electrons. The first kappa shape index (κ1) is 45.3. The van der Waals surface area contributed by atoms with Crippen LogP contribution in [-0.2, 0) is 57.2 Å². The predicted octanol–water partition coefficient (Wildman–Crippen LogP) is 3.58. The van der Waals surface area contributed by atoms with Crippen LogP contribution in [0.5, 0.6) is 5.75 Å². The molecular weight excluding hydrogens is 798 g/mol. The molecule has 324 valence electrons. The zero-order valence-corrected chi connectivity index (χ0v) is 34.5. The number of hydrogen-bond acceptors (Lipinski definition) is 15. The lowest BCUT2D eigenvalue weighted by molar-refractivity contribution is -0.282. The van der Waals surface area contributed by atoms with Gasteiger partial charge in [-0.25, -0.2) is 9.59 Å². The molecule has 1 fully saturated rings. The summed E-state index contributed by atoms with van der Waals surface area (Å²) < 4.78 is 38.4. The fraction of sp³-hybridized carbons (Fsp3) is 0.395. The van der Waals surface area contributed by atoms with Crippen LogP contribution in [0.1, 0.15) is 68.9 Å². The van der Waals surface area contributed by atoms with E-state index in [2.05, 4.69) is 16.0 Å². The number of carbonyl (C=O) groups excluding carboxylic acids is 8. The summed E-state index contributed by atoms with van der Waals surface area (Å²) in [5, 5.41) is 7.80. The second kappa shape index (κ2) is 20.0. The maximum atomic E-state index is 13.6. The molecule has 0 bridgehead atoms. The fourth-order valence-electron chi connectivity index (χ4n) is 7.02. The highest BCUT2D eigenvalue weighted by Gasteiger charge is 2.56. The molecule has 0 saturated carbocycles. The monoisotopic (exact) mass is 845 g/mol. The summed E-state index contributed by atoms with van der Waals surface area (Å²) in [7, 11) is 1.02. The summed E-state index contributed by atoms with van der Waals surface area (Å²) in [4.78, 5) is 102. The maximum Gasteiger partial charge on any atom is 0.407 e. The quantitative estimate of drug-likeness (QED) is 0.113. The van der Waals surface area contributed by atoms with Gasteiger partial charge >= 0.3 is 30.0 Å². The third kappa shape index (κ3) is 10.9. The van der Waals surface area contributed by atoms with Crippen LogP contribution in [0.15, 0.2) is 66.7 Å². The summed E-state index contributed by atoms with van der Waals surface area (Å²) >= 11 is 0. The lowest BCUT2D eigenvalue weighted by Gasteiger charge is -2.43. The molecule has 2 aliphatic rings. The number of benzene rings is 3. The minimum absolute atomic E-state index is 0.0203. The number of esters is 4. The van der Waals surface area contributed by atoms with Gasteiger partial charge in [0.25, 0.3) is 0 Å². The summed E-state index contributed by atoms with van der Waals surface area (Å²) in [6, 6.07) is 17.2. The molecule has 3 aromatic carbocycles. The number of ether oxygens (including phenoxy) is 7. The average Bonchev–Trinajstić information content (AvgIpc) is 3.53. The minimum Gasteiger partial charge on any atom is -0.467 e. The van der Waals surface area contributed by atoms with Crippen LogP contribution in [-0.4, -0.2) is 105 Å². The fourth-order valence-corrected chi connectivity index (χ4v) is 7.02. The van der Waals surface area contributed by atoms with Crippen LogP contribution in [0.3, 0.4) is 0 Å². The van der Waals surface area contributed by atoms with Crippen molar-refractivity contribution in [3.8, 4) is 16.9 Å². The van der Waals surface area contributed by atoms with Crippen LogP contribution < -0.4 is 20.7 Å². The van der Waals surface area contributed by atoms with Crippen LogP contribution in [0, 0.1) is 5.92 Å². The topological polar surface area (TPSA) is 237 Å². The molecule has 1 heterocycles. The Morgan fingerprint density at radius 2 is 1.31 bits per heavy atom. The van der Waals surface area contributed by atoms with Crippen molar-refractivity contribution < 1.29 is 71.5 Å². The number of methoxy groups -OCH3 is 1. The number of fused-ring (bicyclic) bond motifs is 3. The number of nitrogens with one attached hydrogen (secondary N) is 3. The standard InChI is InChI=1S/C43H47N3O15/c1-21(2)34(46-43(54)56-20-31-29-14-10-8-12-27(29)28-13-9-11-15-30(28)31)40(52)44-22(3)39(51)45-32-17-16-26(19-47)18-33(32)60-42-38(59-25(6)50)36(58-24(5)49)35(57-23(4)48)37(61-42)41(53)55-7/h8-19,21-22,31,34-38,42H,20H2,1-7H3,(H,44,52)(H,45,51)(H,46,54)/t22-,34-,35-,36-,37-,38+,42+/m0/s1. The summed E-state index contributed by atoms with van der Waals surface area (Å²) in [5.74, 6) is -6.17. The molecule has 1 saturated heterocycles. The molecule has 1 aliphatic carbocycles. The Labute approximate surface area is 350 Å². The number of rotatable bonds is 15. The number of hydrogen-bond donors (Lipinski definition) is 3. The first-order valence-electron chi connectivity index (χ1n) is 19.3. The molecule has 0 aromatic heterocycles. The van der Waals surface area contributed by atoms with E-state index in [4.69, 9.17) is 33.2 Å². The Morgan fingerprint density at radius 3 is 1.87 bits per heavy atom. The lowest BCUT2D eigenvalue weighted by atomic mass is 9.97. The third-order valence-corrected chi connectivity index (χ3v) is 9.80. The largest absolute Gasteiger partial charge is 0.467 e. The van der Waals surface area contributed by atoms with Gasteiger partial charge in [0.15, 0.2) is 18.3 Å². The zero-order valence-electron chi connectivity index (χ0n) is 34.5. The third-order valence-electron chi connectivity index (χ3n) is 9.80. The molecule has 61 heavy (non-hydrogen) atoms. The molecule has 3 amide bonds. The van der Waals surface area contributed by atoms with E-state index in [0.717, 1.165) is 50.1 Å². The van der Waals surface area contributed by atoms with Crippen molar-refractivity contribution in [3.63, 3.8) is 0 Å². The van der Waals surface area contributed by atoms with Gasteiger partial charge in [0.2, 0.25) is 24.2 Å². The van der Waals surface area contributed by atoms with Gasteiger partial charge < -0.3 is 49.1 Å². The van der Waals surface area contributed by atoms with E-state index >= 15 is 0 Å². The normalized spacial score (nSPS) is 20.0. The second-order valence-corrected chi connectivity index (χ2v) is 14.6. The van der Waals surface area contributed by atoms with Gasteiger partial charge in [-0.15, -0.1) is 0 Å². The van der Waals surface area contributed by atoms with Crippen molar-refractivity contribution in [2.45, 2.75) is 90.2 Å². The van der Waals surface area contributed by atoms with Crippen LogP contribution in [0.2, 0.25) is 0 Å². The highest BCUT2D eigenvalue weighted by Crippen LogP contribution is 2.44. The predicted molar refractivity (Wildman–Crippen MR) is 213 cm³/mol. The Hall–Kier alpha value is -6.82. The maximum absolute atomic E-state index is 13.6. The van der Waals surface area contributed by atoms with Gasteiger partial charge in [0.05, 0.1) is 12.8 Å². The van der Waals surface area contributed by atoms with E-state index in [1.807, 2.05) is 48.5 Å². The van der Waals surface area contributed by atoms with E-state index in [0.29, 0.717) is 6.29 Å². The molecule has 3 N–H and O–H groups in total. The summed E-state index contributed by atoms with van der Waals surface area (Å²) in [5.41, 5.74) is 4.11. The van der Waals surface area contributed by atoms with Crippen molar-refractivity contribution in [1.82, 2.24) is 10.6 Å². The molecule has 1 aliphatic heterocycles. The number of anilines is 1. The highest BCUT2D eigenvalue weighted by atomic mass is 16.7. The average molecular weight is 846 g/mol. The Balaban J connectivity index is 1.30. The van der Waals surface area contributed by atoms with Gasteiger partial charge in [-0.1, -0.05) is 62.4 Å². The van der Waals surface area contributed by atoms with Gasteiger partial charge in [-0.05, 0) is 53.3 Å². The number of amides is 3. The SMILES string of the molecule is COC(=O)[C@H]1O[C@@H](Oc2cc(C=O)ccc2NC(=O)[C@H](C)NC(=O)[C@@H](NC(=O)OCC2c3ccccc3-c3ccccc32)C(C)C)[C@H](OC(C)=O)[C@@H](OC(C)=O)[C@@H]1OC(C)=O. The number of alkyl carbamates (subject to hydrolysis) is 1. The van der Waals surface area contributed by atoms with Crippen molar-refractivity contribution in [3.05, 3.63) is 83.4 Å². The smallest absolute Gasteiger partial charge is 0.407 e. The van der Waals surface area contributed by atoms with E-state index in [9.17, 15) is 38.4 Å². The number of carbonyl (C=O) groups is 8. The molecule has 5 rings (SSSR count). The Morgan fingerprint density at radius 1 is 0.738 bits per heavy atom. The van der Waals surface area contributed by atoms with Crippen molar-refractivity contribution in [1.29, 1.82) is 0 Å². The highest BCUT2D eigenvalue weighted by molar-refractivity contribution is 5.99. The zero-order chi connectivity index (χ0) is 44.5. The molecule has 3 aromatic rings. The van der Waals surface area contributed by atoms with Crippen molar-refractivity contribution in [2.24, 2.45) is 5.92 Å². The lowest BCUT2D eigenvalue weighted by Crippen LogP contribution is -2.64. The Bertz CT molecular complexity index is 2130. The first-order chi connectivity index (χ1) is 29.0. The molecule has 0 unspecified atom stereocenters. The summed E-state index contributed by atoms with van der Waals surface area (Å²) in [6.45, 7) is 7.90. The van der Waals surface area contributed by atoms with Gasteiger partial charge in [0, 0.05) is 32.3 Å². The van der Waals surface area contributed by atoms with E-state index in [1.165, 1.54) is 25.1 Å². The van der Waals surface area contributed by atoms with E-state index < -0.39 is 90.5 Å². The molecule has 7 atom stereocenters. The van der Waals surface area contributed by atoms with Crippen LogP contribution in [0.25, 0.3) is 11.1 Å². The van der Waals surface area contributed by atoms with Crippen molar-refractivity contribution >= 4 is 53.8 Å². The molecular formula is C43H47N3O15. The molecule has 18 heteroatoms. The van der Waals surface area contributed by atoms with Gasteiger partial charge in [0.1, 0.15) is 30.7 Å². The minimum atomic E-state index is -1.81. The molecule has 0 spiro atoms. The van der Waals surface area contributed by atoms with Crippen LogP contribution >= 0.6 is 0 Å². The van der Waals surface area contributed by atoms with Gasteiger partial charge in [-0.2, -0.15) is 0 Å². The van der Waals surface area contributed by atoms with Crippen LogP contribution in [0.4, 0.5) is 10.5 Å². The molecule has 18 nitrogen and oxygen atoms in total. The summed E-state index contributed by atoms with van der Waals surface area (Å²) in [6.07, 6.45) is -8.99. The van der Waals surface area contributed by atoms with Crippen molar-refractivity contribution in [2.75, 3.05) is 19.0 Å².